The minimum absolute atomic E-state index is 0.0739. The van der Waals surface area contributed by atoms with Crippen LogP contribution in [0.1, 0.15) is 34.3 Å². The zero-order chi connectivity index (χ0) is 21.5. The minimum Gasteiger partial charge on any atom is -0.491 e. The van der Waals surface area contributed by atoms with Crippen molar-refractivity contribution in [3.63, 3.8) is 0 Å². The lowest BCUT2D eigenvalue weighted by Crippen LogP contribution is -2.43. The molecule has 2 aromatic carbocycles. The second kappa shape index (κ2) is 10.8. The predicted molar refractivity (Wildman–Crippen MR) is 121 cm³/mol. The van der Waals surface area contributed by atoms with Crippen LogP contribution in [0.4, 0.5) is 0 Å². The van der Waals surface area contributed by atoms with Crippen molar-refractivity contribution in [1.82, 2.24) is 15.1 Å². The van der Waals surface area contributed by atoms with E-state index in [9.17, 15) is 4.79 Å². The smallest absolute Gasteiger partial charge is 0.251 e. The molecule has 2 heterocycles. The number of carbonyl (C=O) groups excluding carboxylic acids is 1. The molecule has 0 spiro atoms. The fraction of sp³-hybridized carbons (Fsp3) is 0.480. The molecule has 1 amide bonds. The monoisotopic (exact) mass is 423 g/mol. The summed E-state index contributed by atoms with van der Waals surface area (Å²) in [5.74, 6) is 0.693. The highest BCUT2D eigenvalue weighted by atomic mass is 16.5. The van der Waals surface area contributed by atoms with Crippen LogP contribution in [-0.2, 0) is 17.8 Å². The van der Waals surface area contributed by atoms with Crippen LogP contribution in [-0.4, -0.2) is 68.3 Å². The Bertz CT molecular complexity index is 841. The second-order valence-corrected chi connectivity index (χ2v) is 8.55. The maximum Gasteiger partial charge on any atom is 0.251 e. The standard InChI is InChI=1S/C25H33N3O3/c1-27-11-13-28(14-12-27)18-21-5-2-4-20(16-21)17-26-25(29)22-7-9-23(10-8-22)31-19-24-6-3-15-30-24/h2,4-5,7-10,16,24H,3,6,11-15,17-19H2,1H3,(H,26,29). The number of nitrogens with one attached hydrogen (secondary N) is 1. The molecule has 2 aliphatic heterocycles. The number of hydrogen-bond acceptors (Lipinski definition) is 5. The summed E-state index contributed by atoms with van der Waals surface area (Å²) < 4.78 is 11.3. The van der Waals surface area contributed by atoms with Crippen LogP contribution in [0.2, 0.25) is 0 Å². The van der Waals surface area contributed by atoms with Crippen molar-refractivity contribution >= 4 is 5.91 Å². The van der Waals surface area contributed by atoms with E-state index in [-0.39, 0.29) is 12.0 Å². The summed E-state index contributed by atoms with van der Waals surface area (Å²) in [6.07, 6.45) is 2.35. The third-order valence-corrected chi connectivity index (χ3v) is 6.02. The van der Waals surface area contributed by atoms with Crippen molar-refractivity contribution in [2.24, 2.45) is 0 Å². The van der Waals surface area contributed by atoms with Crippen LogP contribution < -0.4 is 10.1 Å². The van der Waals surface area contributed by atoms with Gasteiger partial charge in [-0.1, -0.05) is 24.3 Å². The van der Waals surface area contributed by atoms with Crippen molar-refractivity contribution in [3.8, 4) is 5.75 Å². The molecule has 6 nitrogen and oxygen atoms in total. The van der Waals surface area contributed by atoms with Crippen LogP contribution in [0.15, 0.2) is 48.5 Å². The van der Waals surface area contributed by atoms with Crippen LogP contribution in [0, 0.1) is 0 Å². The first-order valence-electron chi connectivity index (χ1n) is 11.3. The average Bonchev–Trinajstić information content (AvgIpc) is 3.32. The number of hydrogen-bond donors (Lipinski definition) is 1. The first kappa shape index (κ1) is 21.8. The van der Waals surface area contributed by atoms with Gasteiger partial charge in [0.05, 0.1) is 6.10 Å². The fourth-order valence-electron chi connectivity index (χ4n) is 4.05. The topological polar surface area (TPSA) is 54.0 Å². The van der Waals surface area contributed by atoms with Gasteiger partial charge < -0.3 is 19.7 Å². The third kappa shape index (κ3) is 6.53. The molecule has 2 fully saturated rings. The zero-order valence-electron chi connectivity index (χ0n) is 18.4. The van der Waals surface area contributed by atoms with Crippen LogP contribution in [0.3, 0.4) is 0 Å². The molecule has 1 N–H and O–H groups in total. The number of carbonyl (C=O) groups is 1. The van der Waals surface area contributed by atoms with E-state index in [1.807, 2.05) is 24.3 Å². The van der Waals surface area contributed by atoms with E-state index in [0.29, 0.717) is 18.7 Å². The molecule has 0 radical (unpaired) electrons. The van der Waals surface area contributed by atoms with E-state index in [4.69, 9.17) is 9.47 Å². The molecular weight excluding hydrogens is 390 g/mol. The van der Waals surface area contributed by atoms with E-state index in [1.165, 1.54) is 5.56 Å². The van der Waals surface area contributed by atoms with Crippen LogP contribution in [0.25, 0.3) is 0 Å². The molecule has 31 heavy (non-hydrogen) atoms. The lowest BCUT2D eigenvalue weighted by atomic mass is 10.1. The SMILES string of the molecule is CN1CCN(Cc2cccc(CNC(=O)c3ccc(OCC4CCCO4)cc3)c2)CC1. The van der Waals surface area contributed by atoms with Gasteiger partial charge in [0.15, 0.2) is 0 Å². The maximum atomic E-state index is 12.5. The van der Waals surface area contributed by atoms with Gasteiger partial charge >= 0.3 is 0 Å². The average molecular weight is 424 g/mol. The van der Waals surface area contributed by atoms with Gasteiger partial charge in [-0.2, -0.15) is 0 Å². The third-order valence-electron chi connectivity index (χ3n) is 6.02. The molecule has 0 bridgehead atoms. The van der Waals surface area contributed by atoms with Crippen LogP contribution >= 0.6 is 0 Å². The second-order valence-electron chi connectivity index (χ2n) is 8.55. The summed E-state index contributed by atoms with van der Waals surface area (Å²) in [5, 5.41) is 3.03. The van der Waals surface area contributed by atoms with Gasteiger partial charge in [-0.3, -0.25) is 9.69 Å². The molecule has 2 saturated heterocycles. The number of benzene rings is 2. The summed E-state index contributed by atoms with van der Waals surface area (Å²) in [6.45, 7) is 7.31. The van der Waals surface area contributed by atoms with Gasteiger partial charge in [0.25, 0.3) is 5.91 Å². The predicted octanol–water partition coefficient (Wildman–Crippen LogP) is 2.92. The molecule has 0 aliphatic carbocycles. The van der Waals surface area contributed by atoms with E-state index in [2.05, 4.69) is 46.4 Å². The Hall–Kier alpha value is -2.41. The van der Waals surface area contributed by atoms with Gasteiger partial charge in [0, 0.05) is 51.4 Å². The highest BCUT2D eigenvalue weighted by molar-refractivity contribution is 5.94. The molecular formula is C25H33N3O3. The molecule has 166 valence electrons. The van der Waals surface area contributed by atoms with E-state index >= 15 is 0 Å². The van der Waals surface area contributed by atoms with Crippen LogP contribution in [0.5, 0.6) is 5.75 Å². The Labute approximate surface area is 185 Å². The lowest BCUT2D eigenvalue weighted by Gasteiger charge is -2.32. The van der Waals surface area contributed by atoms with E-state index in [0.717, 1.165) is 63.5 Å². The number of likely N-dealkylation sites (N-methyl/N-ethyl adjacent to an activating group) is 1. The summed E-state index contributed by atoms with van der Waals surface area (Å²) in [4.78, 5) is 17.4. The molecule has 1 atom stereocenters. The number of nitrogens with zero attached hydrogens (tertiary/aromatic N) is 2. The Morgan fingerprint density at radius 1 is 1.10 bits per heavy atom. The molecule has 0 saturated carbocycles. The molecule has 6 heteroatoms. The zero-order valence-corrected chi connectivity index (χ0v) is 18.4. The molecule has 0 aromatic heterocycles. The van der Waals surface area contributed by atoms with Gasteiger partial charge in [-0.05, 0) is 55.3 Å². The number of piperazine rings is 1. The quantitative estimate of drug-likeness (QED) is 0.708. The molecule has 2 aromatic rings. The highest BCUT2D eigenvalue weighted by Gasteiger charge is 2.16. The highest BCUT2D eigenvalue weighted by Crippen LogP contribution is 2.17. The Balaban J connectivity index is 1.24. The van der Waals surface area contributed by atoms with E-state index < -0.39 is 0 Å². The van der Waals surface area contributed by atoms with Crippen molar-refractivity contribution in [1.29, 1.82) is 0 Å². The Morgan fingerprint density at radius 3 is 2.61 bits per heavy atom. The summed E-state index contributed by atoms with van der Waals surface area (Å²) in [6, 6.07) is 15.8. The van der Waals surface area contributed by atoms with Crippen molar-refractivity contribution in [3.05, 3.63) is 65.2 Å². The first-order chi connectivity index (χ1) is 15.2. The fourth-order valence-corrected chi connectivity index (χ4v) is 4.05. The number of amides is 1. The van der Waals surface area contributed by atoms with Gasteiger partial charge in [-0.15, -0.1) is 0 Å². The van der Waals surface area contributed by atoms with Gasteiger partial charge in [0.1, 0.15) is 12.4 Å². The lowest BCUT2D eigenvalue weighted by molar-refractivity contribution is 0.0679. The minimum atomic E-state index is -0.0739. The van der Waals surface area contributed by atoms with Crippen molar-refractivity contribution in [2.45, 2.75) is 32.0 Å². The maximum absolute atomic E-state index is 12.5. The summed E-state index contributed by atoms with van der Waals surface area (Å²) >= 11 is 0. The van der Waals surface area contributed by atoms with Gasteiger partial charge in [0.2, 0.25) is 0 Å². The first-order valence-corrected chi connectivity index (χ1v) is 11.3. The Kier molecular flexibility index (Phi) is 7.57. The Morgan fingerprint density at radius 2 is 1.87 bits per heavy atom. The number of ether oxygens (including phenoxy) is 2. The molecule has 1 unspecified atom stereocenters. The molecule has 2 aliphatic rings. The largest absolute Gasteiger partial charge is 0.491 e. The number of rotatable bonds is 8. The van der Waals surface area contributed by atoms with Gasteiger partial charge in [-0.25, -0.2) is 0 Å². The van der Waals surface area contributed by atoms with E-state index in [1.54, 1.807) is 0 Å². The summed E-state index contributed by atoms with van der Waals surface area (Å²) in [7, 11) is 2.17. The van der Waals surface area contributed by atoms with Crippen molar-refractivity contribution < 1.29 is 14.3 Å². The van der Waals surface area contributed by atoms with Crippen molar-refractivity contribution in [2.75, 3.05) is 46.4 Å². The normalized spacial score (nSPS) is 20.0. The summed E-state index contributed by atoms with van der Waals surface area (Å²) in [5.41, 5.74) is 3.05. The molecule has 4 rings (SSSR count).